The highest BCUT2D eigenvalue weighted by atomic mass is 32.2. The fourth-order valence-electron chi connectivity index (χ4n) is 7.32. The molecule has 2 aromatic heterocycles. The number of thiophene rings is 2. The summed E-state index contributed by atoms with van der Waals surface area (Å²) in [5.74, 6) is 0. The van der Waals surface area contributed by atoms with Crippen molar-refractivity contribution in [3.63, 3.8) is 0 Å². The van der Waals surface area contributed by atoms with E-state index in [0.717, 1.165) is 6.42 Å². The number of allylic oxidation sites excluding steroid dienone is 1. The lowest BCUT2D eigenvalue weighted by molar-refractivity contribution is 1.09. The van der Waals surface area contributed by atoms with E-state index in [1.165, 1.54) is 74.9 Å². The molecule has 280 valence electrons. The van der Waals surface area contributed by atoms with Crippen molar-refractivity contribution in [2.75, 3.05) is 4.90 Å². The Morgan fingerprint density at radius 2 is 0.724 bits per heavy atom. The first-order chi connectivity index (χ1) is 28.7. The van der Waals surface area contributed by atoms with Crippen molar-refractivity contribution in [3.05, 3.63) is 267 Å². The molecule has 1 unspecified atom stereocenters. The normalized spacial score (nSPS) is 13.3. The Morgan fingerprint density at radius 1 is 0.397 bits per heavy atom. The minimum atomic E-state index is 0.289. The average Bonchev–Trinajstić information content (AvgIpc) is 4.09. The Labute approximate surface area is 354 Å². The van der Waals surface area contributed by atoms with Gasteiger partial charge in [-0.25, -0.2) is 0 Å². The van der Waals surface area contributed by atoms with Gasteiger partial charge in [-0.1, -0.05) is 194 Å². The fourth-order valence-corrected chi connectivity index (χ4v) is 10.7. The minimum Gasteiger partial charge on any atom is -0.287 e. The molecule has 0 aliphatic carbocycles. The van der Waals surface area contributed by atoms with Crippen molar-refractivity contribution in [1.82, 2.24) is 0 Å². The Hall–Kier alpha value is -6.17. The molecular formula is C54H41NS3. The number of thioether (sulfide) groups is 1. The van der Waals surface area contributed by atoms with Gasteiger partial charge in [-0.2, -0.15) is 0 Å². The van der Waals surface area contributed by atoms with Gasteiger partial charge in [0.1, 0.15) is 10.0 Å². The van der Waals surface area contributed by atoms with Gasteiger partial charge < -0.3 is 0 Å². The van der Waals surface area contributed by atoms with E-state index in [2.05, 4.69) is 235 Å². The molecule has 1 aliphatic heterocycles. The second-order valence-electron chi connectivity index (χ2n) is 14.0. The third kappa shape index (κ3) is 8.70. The average molecular weight is 800 g/mol. The predicted molar refractivity (Wildman–Crippen MR) is 255 cm³/mol. The van der Waals surface area contributed by atoms with Crippen molar-refractivity contribution in [2.24, 2.45) is 0 Å². The molecule has 0 saturated carbocycles. The molecule has 1 aliphatic rings. The smallest absolute Gasteiger partial charge is 0.102 e. The monoisotopic (exact) mass is 799 g/mol. The molecule has 8 aromatic rings. The van der Waals surface area contributed by atoms with Crippen LogP contribution in [0.4, 0.5) is 10.0 Å². The number of anilines is 2. The summed E-state index contributed by atoms with van der Waals surface area (Å²) in [6.45, 7) is 0. The van der Waals surface area contributed by atoms with E-state index < -0.39 is 0 Å². The van der Waals surface area contributed by atoms with Crippen LogP contribution in [0, 0.1) is 0 Å². The van der Waals surface area contributed by atoms with Crippen LogP contribution in [-0.2, 0) is 0 Å². The Balaban J connectivity index is 1.10. The van der Waals surface area contributed by atoms with Crippen molar-refractivity contribution >= 4 is 73.3 Å². The summed E-state index contributed by atoms with van der Waals surface area (Å²) >= 11 is 5.63. The van der Waals surface area contributed by atoms with Crippen LogP contribution in [0.25, 0.3) is 28.9 Å². The molecule has 0 amide bonds. The van der Waals surface area contributed by atoms with Gasteiger partial charge in [-0.05, 0) is 92.9 Å². The summed E-state index contributed by atoms with van der Waals surface area (Å²) in [6.07, 6.45) is 10.6. The van der Waals surface area contributed by atoms with Crippen LogP contribution in [0.3, 0.4) is 0 Å². The Bertz CT molecular complexity index is 2430. The molecule has 0 N–H and O–H groups in total. The van der Waals surface area contributed by atoms with Gasteiger partial charge in [0, 0.05) is 15.0 Å². The zero-order chi connectivity index (χ0) is 38.9. The van der Waals surface area contributed by atoms with E-state index in [1.54, 1.807) is 0 Å². The molecule has 0 spiro atoms. The zero-order valence-corrected chi connectivity index (χ0v) is 34.3. The van der Waals surface area contributed by atoms with E-state index in [4.69, 9.17) is 0 Å². The lowest BCUT2D eigenvalue weighted by Gasteiger charge is -2.23. The molecule has 6 aromatic carbocycles. The maximum atomic E-state index is 2.49. The molecule has 4 heteroatoms. The van der Waals surface area contributed by atoms with Crippen LogP contribution in [-0.4, -0.2) is 5.25 Å². The summed E-state index contributed by atoms with van der Waals surface area (Å²) in [4.78, 5) is 4.92. The summed E-state index contributed by atoms with van der Waals surface area (Å²) < 4.78 is 0. The van der Waals surface area contributed by atoms with E-state index in [-0.39, 0.29) is 5.25 Å². The second kappa shape index (κ2) is 18.0. The van der Waals surface area contributed by atoms with Crippen LogP contribution < -0.4 is 4.90 Å². The maximum absolute atomic E-state index is 2.49. The second-order valence-corrected chi connectivity index (χ2v) is 17.5. The summed E-state index contributed by atoms with van der Waals surface area (Å²) in [7, 11) is 0. The van der Waals surface area contributed by atoms with Gasteiger partial charge in [0.25, 0.3) is 0 Å². The van der Waals surface area contributed by atoms with Gasteiger partial charge in [-0.15, -0.1) is 34.4 Å². The van der Waals surface area contributed by atoms with E-state index in [9.17, 15) is 0 Å². The number of benzene rings is 6. The predicted octanol–water partition coefficient (Wildman–Crippen LogP) is 15.6. The summed E-state index contributed by atoms with van der Waals surface area (Å²) in [5.41, 5.74) is 11.0. The van der Waals surface area contributed by atoms with Crippen molar-refractivity contribution in [2.45, 2.75) is 11.7 Å². The third-order valence-corrected chi connectivity index (χ3v) is 13.4. The highest BCUT2D eigenvalue weighted by Crippen LogP contribution is 2.48. The van der Waals surface area contributed by atoms with Gasteiger partial charge in [0.15, 0.2) is 0 Å². The lowest BCUT2D eigenvalue weighted by Crippen LogP contribution is -2.11. The first-order valence-corrected chi connectivity index (χ1v) is 22.1. The Kier molecular flexibility index (Phi) is 11.6. The Morgan fingerprint density at radius 3 is 1.07 bits per heavy atom. The van der Waals surface area contributed by atoms with Gasteiger partial charge >= 0.3 is 0 Å². The molecule has 1 atom stereocenters. The number of nitrogens with zero attached hydrogens (tertiary/aromatic N) is 1. The molecule has 9 rings (SSSR count). The van der Waals surface area contributed by atoms with E-state index >= 15 is 0 Å². The number of hydrogen-bond donors (Lipinski definition) is 0. The van der Waals surface area contributed by atoms with Gasteiger partial charge in [0.2, 0.25) is 0 Å². The first-order valence-electron chi connectivity index (χ1n) is 19.6. The molecule has 58 heavy (non-hydrogen) atoms. The maximum Gasteiger partial charge on any atom is 0.102 e. The van der Waals surface area contributed by atoms with Crippen molar-refractivity contribution in [3.8, 4) is 0 Å². The molecule has 0 saturated heterocycles. The van der Waals surface area contributed by atoms with Crippen LogP contribution in [0.2, 0.25) is 0 Å². The zero-order valence-electron chi connectivity index (χ0n) is 31.9. The van der Waals surface area contributed by atoms with Gasteiger partial charge in [-0.3, -0.25) is 4.90 Å². The van der Waals surface area contributed by atoms with E-state index in [1.807, 2.05) is 34.4 Å². The summed E-state index contributed by atoms with van der Waals surface area (Å²) in [5, 5.41) is 3.95. The lowest BCUT2D eigenvalue weighted by atomic mass is 9.96. The largest absolute Gasteiger partial charge is 0.287 e. The van der Waals surface area contributed by atoms with E-state index in [0.29, 0.717) is 0 Å². The first kappa shape index (κ1) is 37.4. The van der Waals surface area contributed by atoms with Gasteiger partial charge in [0.05, 0.1) is 5.03 Å². The minimum absolute atomic E-state index is 0.289. The standard InChI is InChI=1S/C54H41NS3/c1-7-19-40(20-8-1)49(41-21-9-2-10-22-41)37-46-31-34-52(56-46)55(53-35-32-47(57-53)38-50(42-23-11-3-12-24-42)43-25-13-4-14-26-43)54-36-33-48(58-54)39-51(44-27-15-5-16-28-44)45-29-17-6-18-30-45/h1-32,34-39,48H,33H2. The van der Waals surface area contributed by atoms with Crippen LogP contribution >= 0.6 is 34.4 Å². The van der Waals surface area contributed by atoms with Crippen molar-refractivity contribution < 1.29 is 0 Å². The van der Waals surface area contributed by atoms with Crippen LogP contribution in [0.15, 0.2) is 223 Å². The van der Waals surface area contributed by atoms with Crippen molar-refractivity contribution in [1.29, 1.82) is 0 Å². The molecule has 0 bridgehead atoms. The van der Waals surface area contributed by atoms with Crippen LogP contribution in [0.5, 0.6) is 0 Å². The topological polar surface area (TPSA) is 3.24 Å². The highest BCUT2D eigenvalue weighted by molar-refractivity contribution is 8.04. The number of rotatable bonds is 12. The third-order valence-electron chi connectivity index (χ3n) is 10.1. The molecule has 3 heterocycles. The molecule has 0 fully saturated rings. The quantitative estimate of drug-likeness (QED) is 0.121. The SMILES string of the molecule is C(=C(c1ccccc1)c1ccccc1)c1ccc(N(C2=CCC(C=C(c3ccccc3)c3ccccc3)S2)c2ccc(C=C(c3ccccc3)c3ccccc3)s2)s1. The molecule has 1 nitrogen and oxygen atoms in total. The molecule has 0 radical (unpaired) electrons. The molecular weight excluding hydrogens is 759 g/mol. The van der Waals surface area contributed by atoms with Crippen LogP contribution in [0.1, 0.15) is 49.6 Å². The summed E-state index contributed by atoms with van der Waals surface area (Å²) in [6, 6.07) is 73.6. The fraction of sp³-hybridized carbons (Fsp3) is 0.0370. The number of hydrogen-bond acceptors (Lipinski definition) is 4. The highest BCUT2D eigenvalue weighted by Gasteiger charge is 2.26.